The van der Waals surface area contributed by atoms with E-state index in [9.17, 15) is 15.2 Å². The largest absolute Gasteiger partial charge is 0.393 e. The molecule has 9 heteroatoms. The predicted molar refractivity (Wildman–Crippen MR) is 94.2 cm³/mol. The molecule has 2 aromatic rings. The van der Waals surface area contributed by atoms with Crippen LogP contribution in [0, 0.1) is 15.9 Å². The first-order chi connectivity index (χ1) is 12.9. The number of anilines is 1. The number of hydrogen-bond donors (Lipinski definition) is 2. The fourth-order valence-corrected chi connectivity index (χ4v) is 3.60. The molecule has 3 N–H and O–H groups in total. The highest BCUT2D eigenvalue weighted by Gasteiger charge is 2.39. The number of nitro groups is 1. The van der Waals surface area contributed by atoms with Gasteiger partial charge in [0, 0.05) is 41.8 Å². The lowest BCUT2D eigenvalue weighted by Gasteiger charge is -2.34. The summed E-state index contributed by atoms with van der Waals surface area (Å²) in [4.78, 5) is 19.1. The third-order valence-electron chi connectivity index (χ3n) is 5.33. The van der Waals surface area contributed by atoms with Gasteiger partial charge in [-0.25, -0.2) is 14.4 Å². The SMILES string of the molecule is Nc1c([N+](=O)[O-])cc(-c2cnc(C3(O)CCC3)nc2)c(F)c1C1CCCO1. The number of nitrogens with two attached hydrogens (primary N) is 1. The molecule has 1 aromatic carbocycles. The first kappa shape index (κ1) is 17.7. The number of hydrogen-bond acceptors (Lipinski definition) is 7. The molecule has 4 rings (SSSR count). The summed E-state index contributed by atoms with van der Waals surface area (Å²) in [5.41, 5.74) is 4.55. The molecule has 1 unspecified atom stereocenters. The van der Waals surface area contributed by atoms with Crippen LogP contribution in [0.15, 0.2) is 18.5 Å². The quantitative estimate of drug-likeness (QED) is 0.479. The van der Waals surface area contributed by atoms with Crippen molar-refractivity contribution in [1.82, 2.24) is 9.97 Å². The van der Waals surface area contributed by atoms with Crippen LogP contribution in [0.2, 0.25) is 0 Å². The minimum Gasteiger partial charge on any atom is -0.393 e. The third-order valence-corrected chi connectivity index (χ3v) is 5.33. The molecule has 27 heavy (non-hydrogen) atoms. The lowest BCUT2D eigenvalue weighted by atomic mass is 9.79. The van der Waals surface area contributed by atoms with Gasteiger partial charge in [-0.2, -0.15) is 0 Å². The summed E-state index contributed by atoms with van der Waals surface area (Å²) in [6.45, 7) is 0.456. The highest BCUT2D eigenvalue weighted by molar-refractivity contribution is 5.76. The van der Waals surface area contributed by atoms with E-state index in [0.717, 1.165) is 18.9 Å². The Labute approximate surface area is 154 Å². The van der Waals surface area contributed by atoms with E-state index in [1.54, 1.807) is 0 Å². The summed E-state index contributed by atoms with van der Waals surface area (Å²) in [5.74, 6) is -0.383. The molecule has 1 aliphatic heterocycles. The zero-order chi connectivity index (χ0) is 19.2. The van der Waals surface area contributed by atoms with Crippen LogP contribution >= 0.6 is 0 Å². The van der Waals surface area contributed by atoms with Gasteiger partial charge in [-0.1, -0.05) is 0 Å². The number of ether oxygens (including phenoxy) is 1. The molecule has 0 bridgehead atoms. The molecule has 0 spiro atoms. The second-order valence-corrected chi connectivity index (χ2v) is 7.02. The van der Waals surface area contributed by atoms with Crippen molar-refractivity contribution in [1.29, 1.82) is 0 Å². The van der Waals surface area contributed by atoms with Crippen molar-refractivity contribution in [3.63, 3.8) is 0 Å². The predicted octanol–water partition coefficient (Wildman–Crippen LogP) is 3.00. The van der Waals surface area contributed by atoms with Crippen LogP contribution in [0.25, 0.3) is 11.1 Å². The van der Waals surface area contributed by atoms with Crippen molar-refractivity contribution < 1.29 is 19.2 Å². The van der Waals surface area contributed by atoms with E-state index in [4.69, 9.17) is 10.5 Å². The third kappa shape index (κ3) is 2.92. The Morgan fingerprint density at radius 1 is 1.33 bits per heavy atom. The molecule has 1 saturated heterocycles. The second-order valence-electron chi connectivity index (χ2n) is 7.02. The fourth-order valence-electron chi connectivity index (χ4n) is 3.60. The number of halogens is 1. The highest BCUT2D eigenvalue weighted by Crippen LogP contribution is 2.43. The molecule has 8 nitrogen and oxygen atoms in total. The van der Waals surface area contributed by atoms with Gasteiger partial charge in [0.2, 0.25) is 0 Å². The fraction of sp³-hybridized carbons (Fsp3) is 0.444. The van der Waals surface area contributed by atoms with Crippen LogP contribution in [0.5, 0.6) is 0 Å². The van der Waals surface area contributed by atoms with E-state index in [1.165, 1.54) is 12.4 Å². The molecule has 2 heterocycles. The molecule has 2 fully saturated rings. The summed E-state index contributed by atoms with van der Waals surface area (Å²) >= 11 is 0. The summed E-state index contributed by atoms with van der Waals surface area (Å²) in [6.07, 6.45) is 5.47. The number of rotatable bonds is 4. The second kappa shape index (κ2) is 6.50. The number of aromatic nitrogens is 2. The van der Waals surface area contributed by atoms with Crippen molar-refractivity contribution in [2.45, 2.75) is 43.8 Å². The van der Waals surface area contributed by atoms with Gasteiger partial charge in [0.05, 0.1) is 11.0 Å². The average molecular weight is 374 g/mol. The zero-order valence-corrected chi connectivity index (χ0v) is 14.5. The van der Waals surface area contributed by atoms with Gasteiger partial charge in [-0.05, 0) is 32.1 Å². The lowest BCUT2D eigenvalue weighted by Crippen LogP contribution is -2.35. The van der Waals surface area contributed by atoms with Crippen LogP contribution < -0.4 is 5.73 Å². The summed E-state index contributed by atoms with van der Waals surface area (Å²) < 4.78 is 20.7. The molecular weight excluding hydrogens is 355 g/mol. The van der Waals surface area contributed by atoms with Gasteiger partial charge >= 0.3 is 0 Å². The van der Waals surface area contributed by atoms with Gasteiger partial charge in [-0.3, -0.25) is 10.1 Å². The Kier molecular flexibility index (Phi) is 4.27. The van der Waals surface area contributed by atoms with Crippen LogP contribution in [0.1, 0.15) is 49.6 Å². The number of nitrogens with zero attached hydrogens (tertiary/aromatic N) is 3. The lowest BCUT2D eigenvalue weighted by molar-refractivity contribution is -0.384. The Morgan fingerprint density at radius 2 is 2.04 bits per heavy atom. The smallest absolute Gasteiger partial charge is 0.293 e. The number of nitro benzene ring substituents is 1. The number of aliphatic hydroxyl groups is 1. The van der Waals surface area contributed by atoms with E-state index < -0.39 is 22.4 Å². The summed E-state index contributed by atoms with van der Waals surface area (Å²) in [7, 11) is 0. The summed E-state index contributed by atoms with van der Waals surface area (Å²) in [5, 5.41) is 21.7. The monoisotopic (exact) mass is 374 g/mol. The first-order valence-corrected chi connectivity index (χ1v) is 8.84. The van der Waals surface area contributed by atoms with Gasteiger partial charge in [0.15, 0.2) is 5.82 Å². The Bertz CT molecular complexity index is 893. The topological polar surface area (TPSA) is 124 Å². The Balaban J connectivity index is 1.81. The van der Waals surface area contributed by atoms with Crippen molar-refractivity contribution in [2.75, 3.05) is 12.3 Å². The minimum atomic E-state index is -1.03. The van der Waals surface area contributed by atoms with E-state index in [0.29, 0.717) is 25.9 Å². The molecule has 0 amide bonds. The maximum atomic E-state index is 15.2. The zero-order valence-electron chi connectivity index (χ0n) is 14.5. The van der Waals surface area contributed by atoms with Crippen molar-refractivity contribution in [3.8, 4) is 11.1 Å². The summed E-state index contributed by atoms with van der Waals surface area (Å²) in [6, 6.07) is 1.10. The molecule has 0 radical (unpaired) electrons. The van der Waals surface area contributed by atoms with Crippen LogP contribution in [0.3, 0.4) is 0 Å². The van der Waals surface area contributed by atoms with Crippen molar-refractivity contribution >= 4 is 11.4 Å². The van der Waals surface area contributed by atoms with E-state index in [1.807, 2.05) is 0 Å². The highest BCUT2D eigenvalue weighted by atomic mass is 19.1. The van der Waals surface area contributed by atoms with Crippen LogP contribution in [-0.4, -0.2) is 26.6 Å². The molecule has 142 valence electrons. The molecular formula is C18H19FN4O4. The van der Waals surface area contributed by atoms with Gasteiger partial charge in [0.1, 0.15) is 17.1 Å². The maximum Gasteiger partial charge on any atom is 0.293 e. The van der Waals surface area contributed by atoms with E-state index in [-0.39, 0.29) is 33.9 Å². The molecule has 2 aliphatic rings. The first-order valence-electron chi connectivity index (χ1n) is 8.84. The standard InChI is InChI=1S/C18H19FN4O4/c19-15-11(10-8-21-17(22-9-10)18(24)4-2-5-18)7-12(23(25)26)16(20)14(15)13-3-1-6-27-13/h7-9,13,24H,1-6,20H2. The van der Waals surface area contributed by atoms with E-state index in [2.05, 4.69) is 9.97 Å². The Hall–Kier alpha value is -2.65. The maximum absolute atomic E-state index is 15.2. The van der Waals surface area contributed by atoms with Crippen molar-refractivity contribution in [2.24, 2.45) is 0 Å². The minimum absolute atomic E-state index is 0.00597. The average Bonchev–Trinajstić information content (AvgIpc) is 3.14. The normalized spacial score (nSPS) is 21.0. The van der Waals surface area contributed by atoms with Gasteiger partial charge in [-0.15, -0.1) is 0 Å². The van der Waals surface area contributed by atoms with E-state index >= 15 is 4.39 Å². The molecule has 1 atom stereocenters. The van der Waals surface area contributed by atoms with Crippen molar-refractivity contribution in [3.05, 3.63) is 45.8 Å². The van der Waals surface area contributed by atoms with Crippen LogP contribution in [-0.2, 0) is 10.3 Å². The Morgan fingerprint density at radius 3 is 2.56 bits per heavy atom. The number of nitrogen functional groups attached to an aromatic ring is 1. The van der Waals surface area contributed by atoms with Gasteiger partial charge in [0.25, 0.3) is 5.69 Å². The number of benzene rings is 1. The molecule has 1 aliphatic carbocycles. The van der Waals surface area contributed by atoms with Gasteiger partial charge < -0.3 is 15.6 Å². The molecule has 1 aromatic heterocycles. The van der Waals surface area contributed by atoms with Crippen LogP contribution in [0.4, 0.5) is 15.8 Å². The molecule has 1 saturated carbocycles.